The molecule has 0 radical (unpaired) electrons. The van der Waals surface area contributed by atoms with Gasteiger partial charge in [0.05, 0.1) is 10.7 Å². The van der Waals surface area contributed by atoms with Crippen molar-refractivity contribution in [3.63, 3.8) is 0 Å². The Bertz CT molecular complexity index is 386. The van der Waals surface area contributed by atoms with Crippen LogP contribution < -0.4 is 4.90 Å². The van der Waals surface area contributed by atoms with Gasteiger partial charge in [-0.05, 0) is 32.8 Å². The standard InChI is InChI=1S/C14H22ClN3/c1-11(2)18-8-5-12(6-9-18)17(3)14-4-7-16-10-13(14)15/h4,7,10-12H,5-6,8-9H2,1-3H3. The molecule has 1 aromatic heterocycles. The van der Waals surface area contributed by atoms with Crippen LogP contribution in [0.25, 0.3) is 0 Å². The van der Waals surface area contributed by atoms with E-state index in [1.807, 2.05) is 6.07 Å². The van der Waals surface area contributed by atoms with Gasteiger partial charge >= 0.3 is 0 Å². The van der Waals surface area contributed by atoms with Crippen molar-refractivity contribution in [3.8, 4) is 0 Å². The minimum atomic E-state index is 0.583. The molecule has 100 valence electrons. The Morgan fingerprint density at radius 2 is 2.06 bits per heavy atom. The molecule has 4 heteroatoms. The van der Waals surface area contributed by atoms with Gasteiger partial charge < -0.3 is 9.80 Å². The second-order valence-electron chi connectivity index (χ2n) is 5.30. The quantitative estimate of drug-likeness (QED) is 0.839. The summed E-state index contributed by atoms with van der Waals surface area (Å²) in [4.78, 5) is 8.89. The van der Waals surface area contributed by atoms with Crippen LogP contribution in [0, 0.1) is 0 Å². The fourth-order valence-electron chi connectivity index (χ4n) is 2.64. The number of hydrogen-bond donors (Lipinski definition) is 0. The van der Waals surface area contributed by atoms with Crippen molar-refractivity contribution in [1.29, 1.82) is 0 Å². The molecule has 1 aromatic rings. The zero-order valence-corrected chi connectivity index (χ0v) is 12.2. The molecule has 1 aliphatic heterocycles. The van der Waals surface area contributed by atoms with E-state index in [9.17, 15) is 0 Å². The van der Waals surface area contributed by atoms with Gasteiger partial charge in [-0.3, -0.25) is 4.98 Å². The largest absolute Gasteiger partial charge is 0.370 e. The predicted octanol–water partition coefficient (Wildman–Crippen LogP) is 3.04. The average molecular weight is 268 g/mol. The Kier molecular flexibility index (Phi) is 4.46. The number of nitrogens with zero attached hydrogens (tertiary/aromatic N) is 3. The first kappa shape index (κ1) is 13.6. The van der Waals surface area contributed by atoms with Gasteiger partial charge in [-0.1, -0.05) is 11.6 Å². The van der Waals surface area contributed by atoms with Crippen molar-refractivity contribution < 1.29 is 0 Å². The van der Waals surface area contributed by atoms with Crippen LogP contribution in [0.3, 0.4) is 0 Å². The normalized spacial score (nSPS) is 18.3. The van der Waals surface area contributed by atoms with E-state index in [0.29, 0.717) is 12.1 Å². The van der Waals surface area contributed by atoms with Gasteiger partial charge in [0, 0.05) is 44.6 Å². The zero-order chi connectivity index (χ0) is 13.1. The Hall–Kier alpha value is -0.800. The van der Waals surface area contributed by atoms with Gasteiger partial charge in [0.15, 0.2) is 0 Å². The van der Waals surface area contributed by atoms with Crippen LogP contribution in [0.2, 0.25) is 5.02 Å². The van der Waals surface area contributed by atoms with E-state index in [1.165, 1.54) is 25.9 Å². The first-order valence-electron chi connectivity index (χ1n) is 6.66. The van der Waals surface area contributed by atoms with Gasteiger partial charge in [0.2, 0.25) is 0 Å². The van der Waals surface area contributed by atoms with E-state index in [4.69, 9.17) is 11.6 Å². The monoisotopic (exact) mass is 267 g/mol. The van der Waals surface area contributed by atoms with E-state index in [0.717, 1.165) is 10.7 Å². The summed E-state index contributed by atoms with van der Waals surface area (Å²) in [6.45, 7) is 6.89. The van der Waals surface area contributed by atoms with Crippen LogP contribution >= 0.6 is 11.6 Å². The molecule has 1 saturated heterocycles. The molecular weight excluding hydrogens is 246 g/mol. The van der Waals surface area contributed by atoms with Gasteiger partial charge in [-0.25, -0.2) is 0 Å². The van der Waals surface area contributed by atoms with Crippen molar-refractivity contribution in [2.75, 3.05) is 25.0 Å². The summed E-state index contributed by atoms with van der Waals surface area (Å²) in [5, 5.41) is 0.742. The van der Waals surface area contributed by atoms with Crippen LogP contribution in [0.4, 0.5) is 5.69 Å². The molecule has 0 bridgehead atoms. The summed E-state index contributed by atoms with van der Waals surface area (Å²) in [6.07, 6.45) is 5.93. The molecule has 0 aliphatic carbocycles. The smallest absolute Gasteiger partial charge is 0.0822 e. The number of hydrogen-bond acceptors (Lipinski definition) is 3. The molecule has 2 heterocycles. The first-order valence-corrected chi connectivity index (χ1v) is 7.03. The maximum Gasteiger partial charge on any atom is 0.0822 e. The van der Waals surface area contributed by atoms with Crippen LogP contribution in [0.15, 0.2) is 18.5 Å². The molecule has 18 heavy (non-hydrogen) atoms. The van der Waals surface area contributed by atoms with Crippen LogP contribution in [0.5, 0.6) is 0 Å². The molecule has 1 fully saturated rings. The second-order valence-corrected chi connectivity index (χ2v) is 5.71. The summed E-state index contributed by atoms with van der Waals surface area (Å²) < 4.78 is 0. The summed E-state index contributed by atoms with van der Waals surface area (Å²) in [6, 6.07) is 3.23. The minimum Gasteiger partial charge on any atom is -0.370 e. The number of aromatic nitrogens is 1. The summed E-state index contributed by atoms with van der Waals surface area (Å²) in [5.74, 6) is 0. The van der Waals surface area contributed by atoms with Crippen LogP contribution in [-0.2, 0) is 0 Å². The third-order valence-corrected chi connectivity index (χ3v) is 4.20. The molecule has 2 rings (SSSR count). The van der Waals surface area contributed by atoms with E-state index < -0.39 is 0 Å². The third kappa shape index (κ3) is 2.96. The molecule has 0 amide bonds. The van der Waals surface area contributed by atoms with E-state index in [-0.39, 0.29) is 0 Å². The lowest BCUT2D eigenvalue weighted by molar-refractivity contribution is 0.171. The van der Waals surface area contributed by atoms with Crippen LogP contribution in [0.1, 0.15) is 26.7 Å². The van der Waals surface area contributed by atoms with Crippen molar-refractivity contribution in [2.24, 2.45) is 0 Å². The number of halogens is 1. The van der Waals surface area contributed by atoms with Gasteiger partial charge in [-0.15, -0.1) is 0 Å². The molecule has 0 aromatic carbocycles. The average Bonchev–Trinajstić information content (AvgIpc) is 2.38. The second kappa shape index (κ2) is 5.89. The van der Waals surface area contributed by atoms with Crippen molar-refractivity contribution in [2.45, 2.75) is 38.8 Å². The zero-order valence-electron chi connectivity index (χ0n) is 11.4. The Balaban J connectivity index is 2.00. The molecule has 0 atom stereocenters. The highest BCUT2D eigenvalue weighted by molar-refractivity contribution is 6.33. The van der Waals surface area contributed by atoms with E-state index in [1.54, 1.807) is 12.4 Å². The fraction of sp³-hybridized carbons (Fsp3) is 0.643. The molecular formula is C14H22ClN3. The minimum absolute atomic E-state index is 0.583. The van der Waals surface area contributed by atoms with Gasteiger partial charge in [0.1, 0.15) is 0 Å². The van der Waals surface area contributed by atoms with Crippen molar-refractivity contribution in [1.82, 2.24) is 9.88 Å². The Morgan fingerprint density at radius 3 is 2.61 bits per heavy atom. The Morgan fingerprint density at radius 1 is 1.39 bits per heavy atom. The SMILES string of the molecule is CC(C)N1CCC(N(C)c2ccncc2Cl)CC1. The number of rotatable bonds is 3. The van der Waals surface area contributed by atoms with Crippen molar-refractivity contribution >= 4 is 17.3 Å². The highest BCUT2D eigenvalue weighted by atomic mass is 35.5. The number of likely N-dealkylation sites (tertiary alicyclic amines) is 1. The molecule has 0 N–H and O–H groups in total. The van der Waals surface area contributed by atoms with Gasteiger partial charge in [-0.2, -0.15) is 0 Å². The van der Waals surface area contributed by atoms with Crippen molar-refractivity contribution in [3.05, 3.63) is 23.5 Å². The molecule has 0 spiro atoms. The molecule has 0 unspecified atom stereocenters. The molecule has 1 aliphatic rings. The third-order valence-electron chi connectivity index (χ3n) is 3.91. The summed E-state index contributed by atoms with van der Waals surface area (Å²) in [5.41, 5.74) is 1.09. The highest BCUT2D eigenvalue weighted by Crippen LogP contribution is 2.28. The lowest BCUT2D eigenvalue weighted by Crippen LogP contribution is -2.45. The molecule has 3 nitrogen and oxygen atoms in total. The first-order chi connectivity index (χ1) is 8.59. The number of piperidine rings is 1. The topological polar surface area (TPSA) is 19.4 Å². The van der Waals surface area contributed by atoms with Gasteiger partial charge in [0.25, 0.3) is 0 Å². The highest BCUT2D eigenvalue weighted by Gasteiger charge is 2.24. The lowest BCUT2D eigenvalue weighted by atomic mass is 10.0. The maximum atomic E-state index is 6.20. The number of pyridine rings is 1. The summed E-state index contributed by atoms with van der Waals surface area (Å²) in [7, 11) is 2.14. The number of anilines is 1. The maximum absolute atomic E-state index is 6.20. The molecule has 0 saturated carbocycles. The van der Waals surface area contributed by atoms with Crippen LogP contribution in [-0.4, -0.2) is 42.1 Å². The van der Waals surface area contributed by atoms with E-state index in [2.05, 4.69) is 35.7 Å². The lowest BCUT2D eigenvalue weighted by Gasteiger charge is -2.39. The Labute approximate surface area is 115 Å². The fourth-order valence-corrected chi connectivity index (χ4v) is 2.89. The predicted molar refractivity (Wildman–Crippen MR) is 77.4 cm³/mol. The van der Waals surface area contributed by atoms with E-state index >= 15 is 0 Å². The summed E-state index contributed by atoms with van der Waals surface area (Å²) >= 11 is 6.20.